The molecule has 0 amide bonds. The monoisotopic (exact) mass is 270 g/mol. The van der Waals surface area contributed by atoms with Crippen molar-refractivity contribution >= 4 is 30.2 Å². The summed E-state index contributed by atoms with van der Waals surface area (Å²) < 4.78 is 5.10. The third-order valence-corrected chi connectivity index (χ3v) is 2.21. The zero-order chi connectivity index (χ0) is 12.7. The number of ether oxygens (including phenoxy) is 1. The van der Waals surface area contributed by atoms with Gasteiger partial charge in [0.15, 0.2) is 6.61 Å². The number of aliphatic carboxylic acids is 1. The van der Waals surface area contributed by atoms with Crippen molar-refractivity contribution in [3.05, 3.63) is 28.8 Å². The second-order valence-corrected chi connectivity index (χ2v) is 3.98. The fourth-order valence-corrected chi connectivity index (χ4v) is 1.35. The summed E-state index contributed by atoms with van der Waals surface area (Å²) in [5.41, 5.74) is 0.623. The van der Waals surface area contributed by atoms with Crippen LogP contribution < -0.4 is 4.74 Å². The minimum atomic E-state index is -1.04. The smallest absolute Gasteiger partial charge is 0.341 e. The number of halogens is 1. The van der Waals surface area contributed by atoms with Crippen LogP contribution in [-0.2, 0) is 4.79 Å². The van der Waals surface area contributed by atoms with E-state index >= 15 is 0 Å². The van der Waals surface area contributed by atoms with Crippen molar-refractivity contribution in [2.75, 3.05) is 12.4 Å². The predicted octanol–water partition coefficient (Wildman–Crippen LogP) is 2.47. The van der Waals surface area contributed by atoms with Crippen LogP contribution in [0.25, 0.3) is 0 Å². The molecule has 0 fully saturated rings. The molecule has 5 heteroatoms. The Morgan fingerprint density at radius 2 is 2.29 bits per heavy atom. The molecule has 0 aliphatic carbocycles. The van der Waals surface area contributed by atoms with Crippen molar-refractivity contribution in [1.29, 1.82) is 0 Å². The van der Waals surface area contributed by atoms with Crippen LogP contribution >= 0.6 is 24.2 Å². The summed E-state index contributed by atoms with van der Waals surface area (Å²) in [5, 5.41) is 9.02. The van der Waals surface area contributed by atoms with Gasteiger partial charge in [-0.1, -0.05) is 23.4 Å². The van der Waals surface area contributed by atoms with Gasteiger partial charge >= 0.3 is 5.97 Å². The van der Waals surface area contributed by atoms with Gasteiger partial charge in [-0.05, 0) is 12.1 Å². The zero-order valence-electron chi connectivity index (χ0n) is 8.94. The molecule has 0 unspecified atom stereocenters. The Kier molecular flexibility index (Phi) is 5.75. The summed E-state index contributed by atoms with van der Waals surface area (Å²) in [6.45, 7) is -0.415. The van der Waals surface area contributed by atoms with Crippen molar-refractivity contribution < 1.29 is 14.6 Å². The first-order chi connectivity index (χ1) is 8.13. The molecule has 1 aromatic carbocycles. The maximum absolute atomic E-state index is 10.4. The second kappa shape index (κ2) is 7.10. The van der Waals surface area contributed by atoms with E-state index in [1.807, 2.05) is 0 Å². The van der Waals surface area contributed by atoms with Gasteiger partial charge < -0.3 is 9.84 Å². The molecular formula is C12H11ClO3S. The van der Waals surface area contributed by atoms with Crippen molar-refractivity contribution in [2.45, 2.75) is 6.42 Å². The third kappa shape index (κ3) is 5.03. The SMILES string of the molecule is O=C(O)COc1cc(Cl)ccc1C#CCCS. The Hall–Kier alpha value is -1.31. The third-order valence-electron chi connectivity index (χ3n) is 1.75. The van der Waals surface area contributed by atoms with Crippen LogP contribution in [0.1, 0.15) is 12.0 Å². The molecule has 0 aliphatic heterocycles. The van der Waals surface area contributed by atoms with Crippen molar-refractivity contribution in [2.24, 2.45) is 0 Å². The van der Waals surface area contributed by atoms with Crippen LogP contribution in [0.5, 0.6) is 5.75 Å². The average Bonchev–Trinajstić information content (AvgIpc) is 2.29. The van der Waals surface area contributed by atoms with Crippen LogP contribution in [0.4, 0.5) is 0 Å². The van der Waals surface area contributed by atoms with Crippen molar-refractivity contribution in [3.63, 3.8) is 0 Å². The molecule has 3 nitrogen and oxygen atoms in total. The fraction of sp³-hybridized carbons (Fsp3) is 0.250. The Bertz CT molecular complexity index is 463. The van der Waals surface area contributed by atoms with Crippen LogP contribution in [-0.4, -0.2) is 23.4 Å². The van der Waals surface area contributed by atoms with E-state index in [9.17, 15) is 4.79 Å². The topological polar surface area (TPSA) is 46.5 Å². The maximum Gasteiger partial charge on any atom is 0.341 e. The van der Waals surface area contributed by atoms with Crippen LogP contribution in [0.15, 0.2) is 18.2 Å². The molecule has 0 aliphatic rings. The fourth-order valence-electron chi connectivity index (χ4n) is 1.07. The molecule has 0 radical (unpaired) electrons. The normalized spacial score (nSPS) is 9.29. The van der Waals surface area contributed by atoms with Gasteiger partial charge in [-0.25, -0.2) is 4.79 Å². The Labute approximate surface area is 110 Å². The van der Waals surface area contributed by atoms with E-state index in [-0.39, 0.29) is 0 Å². The molecule has 1 N–H and O–H groups in total. The first-order valence-corrected chi connectivity index (χ1v) is 5.88. The number of hydrogen-bond donors (Lipinski definition) is 2. The highest BCUT2D eigenvalue weighted by molar-refractivity contribution is 7.80. The number of thiol groups is 1. The van der Waals surface area contributed by atoms with Gasteiger partial charge in [0.2, 0.25) is 0 Å². The summed E-state index contributed by atoms with van der Waals surface area (Å²) in [4.78, 5) is 10.4. The van der Waals surface area contributed by atoms with Crippen molar-refractivity contribution in [1.82, 2.24) is 0 Å². The van der Waals surface area contributed by atoms with E-state index in [1.54, 1.807) is 18.2 Å². The number of carbonyl (C=O) groups is 1. The minimum Gasteiger partial charge on any atom is -0.481 e. The van der Waals surface area contributed by atoms with E-state index in [4.69, 9.17) is 21.4 Å². The lowest BCUT2D eigenvalue weighted by atomic mass is 10.2. The second-order valence-electron chi connectivity index (χ2n) is 3.10. The molecule has 0 spiro atoms. The molecule has 0 heterocycles. The number of carboxylic acid groups (broad SMARTS) is 1. The quantitative estimate of drug-likeness (QED) is 0.653. The van der Waals surface area contributed by atoms with Gasteiger partial charge in [-0.2, -0.15) is 12.6 Å². The first kappa shape index (κ1) is 13.8. The van der Waals surface area contributed by atoms with Crippen LogP contribution in [0, 0.1) is 11.8 Å². The summed E-state index contributed by atoms with van der Waals surface area (Å²) >= 11 is 9.85. The Morgan fingerprint density at radius 1 is 1.53 bits per heavy atom. The lowest BCUT2D eigenvalue weighted by Gasteiger charge is -2.06. The summed E-state index contributed by atoms with van der Waals surface area (Å²) in [5.74, 6) is 5.80. The zero-order valence-corrected chi connectivity index (χ0v) is 10.6. The van der Waals surface area contributed by atoms with Gasteiger partial charge in [0.05, 0.1) is 5.56 Å². The van der Waals surface area contributed by atoms with E-state index in [2.05, 4.69) is 24.5 Å². The number of benzene rings is 1. The van der Waals surface area contributed by atoms with Gasteiger partial charge in [0, 0.05) is 23.3 Å². The molecule has 0 saturated carbocycles. The standard InChI is InChI=1S/C12H11ClO3S/c13-10-5-4-9(3-1-2-6-17)11(7-10)16-8-12(14)15/h4-5,7,17H,2,6,8H2,(H,14,15). The Morgan fingerprint density at radius 3 is 2.94 bits per heavy atom. The lowest BCUT2D eigenvalue weighted by molar-refractivity contribution is -0.139. The summed E-state index contributed by atoms with van der Waals surface area (Å²) in [7, 11) is 0. The summed E-state index contributed by atoms with van der Waals surface area (Å²) in [6, 6.07) is 4.93. The minimum absolute atomic E-state index is 0.381. The van der Waals surface area contributed by atoms with Gasteiger partial charge in [-0.3, -0.25) is 0 Å². The van der Waals surface area contributed by atoms with E-state index in [0.717, 1.165) is 0 Å². The lowest BCUT2D eigenvalue weighted by Crippen LogP contribution is -2.10. The molecule has 1 rings (SSSR count). The molecule has 0 aromatic heterocycles. The van der Waals surface area contributed by atoms with Gasteiger partial charge in [-0.15, -0.1) is 0 Å². The van der Waals surface area contributed by atoms with Gasteiger partial charge in [0.1, 0.15) is 5.75 Å². The predicted molar refractivity (Wildman–Crippen MR) is 69.9 cm³/mol. The number of hydrogen-bond acceptors (Lipinski definition) is 3. The van der Waals surface area contributed by atoms with E-state index < -0.39 is 12.6 Å². The van der Waals surface area contributed by atoms with E-state index in [1.165, 1.54) is 0 Å². The maximum atomic E-state index is 10.4. The number of carboxylic acids is 1. The molecule has 17 heavy (non-hydrogen) atoms. The highest BCUT2D eigenvalue weighted by atomic mass is 35.5. The molecule has 0 bridgehead atoms. The van der Waals surface area contributed by atoms with Crippen LogP contribution in [0.3, 0.4) is 0 Å². The summed E-state index contributed by atoms with van der Waals surface area (Å²) in [6.07, 6.45) is 0.657. The molecule has 90 valence electrons. The van der Waals surface area contributed by atoms with Crippen LogP contribution in [0.2, 0.25) is 5.02 Å². The average molecular weight is 271 g/mol. The molecule has 0 saturated heterocycles. The van der Waals surface area contributed by atoms with E-state index in [0.29, 0.717) is 28.5 Å². The van der Waals surface area contributed by atoms with Gasteiger partial charge in [0.25, 0.3) is 0 Å². The Balaban J connectivity index is 2.88. The molecule has 0 atom stereocenters. The molecular weight excluding hydrogens is 260 g/mol. The highest BCUT2D eigenvalue weighted by Crippen LogP contribution is 2.22. The number of rotatable bonds is 4. The van der Waals surface area contributed by atoms with Crippen molar-refractivity contribution in [3.8, 4) is 17.6 Å². The molecule has 1 aromatic rings. The first-order valence-electron chi connectivity index (χ1n) is 4.87. The highest BCUT2D eigenvalue weighted by Gasteiger charge is 2.05. The largest absolute Gasteiger partial charge is 0.481 e.